The van der Waals surface area contributed by atoms with E-state index < -0.39 is 0 Å². The highest BCUT2D eigenvalue weighted by molar-refractivity contribution is 7.82. The molecular formula is C37H60B2S. The molecule has 40 heavy (non-hydrogen) atoms. The maximum Gasteiger partial charge on any atom is 0.114 e. The molecule has 4 unspecified atom stereocenters. The molecule has 0 amide bonds. The predicted molar refractivity (Wildman–Crippen MR) is 185 cm³/mol. The first-order valence-corrected chi connectivity index (χ1v) is 18.4. The molecule has 0 saturated heterocycles. The van der Waals surface area contributed by atoms with Crippen LogP contribution in [0.4, 0.5) is 0 Å². The molecule has 0 aromatic heterocycles. The van der Waals surface area contributed by atoms with Gasteiger partial charge >= 0.3 is 0 Å². The van der Waals surface area contributed by atoms with Crippen LogP contribution >= 0.6 is 12.6 Å². The third-order valence-corrected chi connectivity index (χ3v) is 12.9. The van der Waals surface area contributed by atoms with Crippen LogP contribution in [0.25, 0.3) is 0 Å². The summed E-state index contributed by atoms with van der Waals surface area (Å²) in [6.45, 7) is 4.30. The molecule has 3 heteroatoms. The van der Waals surface area contributed by atoms with E-state index in [1.54, 1.807) is 22.3 Å². The first-order chi connectivity index (χ1) is 19.4. The second-order valence-corrected chi connectivity index (χ2v) is 16.1. The second-order valence-electron chi connectivity index (χ2n) is 15.2. The molecule has 5 rings (SSSR count). The molecule has 0 aromatic carbocycles. The highest BCUT2D eigenvalue weighted by atomic mass is 32.1. The zero-order chi connectivity index (χ0) is 28.0. The second kappa shape index (κ2) is 14.3. The minimum atomic E-state index is 0.156. The quantitative estimate of drug-likeness (QED) is 0.130. The molecule has 5 aliphatic carbocycles. The average molecular weight is 559 g/mol. The van der Waals surface area contributed by atoms with Crippen LogP contribution in [0, 0.1) is 5.92 Å². The number of rotatable bonds is 0. The minimum Gasteiger partial charge on any atom is -0.172 e. The lowest BCUT2D eigenvalue weighted by Crippen LogP contribution is -2.32. The Morgan fingerprint density at radius 1 is 0.650 bits per heavy atom. The van der Waals surface area contributed by atoms with E-state index in [-0.39, 0.29) is 4.75 Å². The fourth-order valence-corrected chi connectivity index (χ4v) is 9.61. The molecule has 4 fully saturated rings. The number of hydrogen-bond donors (Lipinski definition) is 1. The van der Waals surface area contributed by atoms with E-state index in [0.29, 0.717) is 17.0 Å². The summed E-state index contributed by atoms with van der Waals surface area (Å²) < 4.78 is 0.156. The van der Waals surface area contributed by atoms with Crippen LogP contribution in [0.5, 0.6) is 0 Å². The van der Waals surface area contributed by atoms with Gasteiger partial charge in [-0.25, -0.2) is 0 Å². The summed E-state index contributed by atoms with van der Waals surface area (Å²) in [5.41, 5.74) is 10.4. The van der Waals surface area contributed by atoms with Crippen molar-refractivity contribution in [3.05, 3.63) is 46.1 Å². The highest BCUT2D eigenvalue weighted by Gasteiger charge is 2.56. The van der Waals surface area contributed by atoms with Crippen molar-refractivity contribution in [3.63, 3.8) is 0 Å². The van der Waals surface area contributed by atoms with E-state index in [2.05, 4.69) is 28.3 Å². The van der Waals surface area contributed by atoms with Gasteiger partial charge < -0.3 is 0 Å². The number of thiol groups is 1. The molecule has 0 N–H and O–H groups in total. The van der Waals surface area contributed by atoms with E-state index in [9.17, 15) is 0 Å². The van der Waals surface area contributed by atoms with Crippen LogP contribution < -0.4 is 0 Å². The van der Waals surface area contributed by atoms with Gasteiger partial charge in [0, 0.05) is 10.7 Å². The fraction of sp³-hybridized carbons (Fsp3) is 0.784. The average Bonchev–Trinajstić information content (AvgIpc) is 3.58. The molecule has 5 aliphatic rings. The SMILES string of the molecule is BC1CCCCCCCCCCCCCCCC2(B)C=C3/C(=C4/CCC/C(=C5\CCC(=C)C5)CC4)C3C1(S)CC2. The molecule has 0 radical (unpaired) electrons. The minimum absolute atomic E-state index is 0.156. The van der Waals surface area contributed by atoms with Gasteiger partial charge in [0.05, 0.1) is 0 Å². The van der Waals surface area contributed by atoms with Crippen molar-refractivity contribution >= 4 is 28.3 Å². The van der Waals surface area contributed by atoms with E-state index in [0.717, 1.165) is 0 Å². The summed E-state index contributed by atoms with van der Waals surface area (Å²) in [4.78, 5) is 0. The first-order valence-electron chi connectivity index (χ1n) is 17.9. The third kappa shape index (κ3) is 7.68. The molecule has 2 bridgehead atoms. The monoisotopic (exact) mass is 558 g/mol. The summed E-state index contributed by atoms with van der Waals surface area (Å²) in [7, 11) is 5.18. The zero-order valence-electron chi connectivity index (χ0n) is 26.6. The Bertz CT molecular complexity index is 988. The molecule has 4 saturated carbocycles. The van der Waals surface area contributed by atoms with Crippen molar-refractivity contribution in [2.45, 2.75) is 176 Å². The van der Waals surface area contributed by atoms with Gasteiger partial charge in [-0.05, 0) is 74.2 Å². The third-order valence-electron chi connectivity index (χ3n) is 12.0. The standard InChI is InChI=1S/C37H60B2S/c1-28-19-20-31(26-28)29-16-15-17-30(22-21-29)34-32-27-36(39)23-14-12-10-8-6-4-2-3-5-7-9-11-13-18-33(38)37(40,25-24-36)35(32)34/h27,33,35,40H,1-26,38-39H2/b31-29-,34-30+. The molecule has 0 nitrogen and oxygen atoms in total. The summed E-state index contributed by atoms with van der Waals surface area (Å²) in [5, 5.41) is 0.364. The fourth-order valence-electron chi connectivity index (χ4n) is 9.10. The largest absolute Gasteiger partial charge is 0.172 e. The van der Waals surface area contributed by atoms with Gasteiger partial charge in [-0.2, -0.15) is 12.6 Å². The predicted octanol–water partition coefficient (Wildman–Crippen LogP) is 10.4. The van der Waals surface area contributed by atoms with Crippen LogP contribution in [-0.4, -0.2) is 20.4 Å². The Labute approximate surface area is 256 Å². The lowest BCUT2D eigenvalue weighted by molar-refractivity contribution is 0.409. The van der Waals surface area contributed by atoms with Crippen molar-refractivity contribution < 1.29 is 0 Å². The molecule has 0 heterocycles. The van der Waals surface area contributed by atoms with Crippen LogP contribution in [0.1, 0.15) is 161 Å². The number of allylic oxidation sites excluding steroid dienone is 7. The normalized spacial score (nSPS) is 39.6. The Kier molecular flexibility index (Phi) is 11.0. The number of fused-ring (bicyclic) bond motifs is 5. The number of hydrogen-bond acceptors (Lipinski definition) is 1. The maximum absolute atomic E-state index is 5.74. The summed E-state index contributed by atoms with van der Waals surface area (Å²) in [5.74, 6) is 1.33. The summed E-state index contributed by atoms with van der Waals surface area (Å²) in [6, 6.07) is 0. The van der Waals surface area contributed by atoms with Crippen LogP contribution in [-0.2, 0) is 0 Å². The van der Waals surface area contributed by atoms with E-state index in [4.69, 9.17) is 12.6 Å². The van der Waals surface area contributed by atoms with Gasteiger partial charge in [-0.3, -0.25) is 0 Å². The summed E-state index contributed by atoms with van der Waals surface area (Å²) in [6.07, 6.45) is 37.4. The van der Waals surface area contributed by atoms with Crippen molar-refractivity contribution in [2.24, 2.45) is 5.92 Å². The molecule has 4 atom stereocenters. The topological polar surface area (TPSA) is 0 Å². The lowest BCUT2D eigenvalue weighted by Gasteiger charge is -2.37. The molecule has 0 aromatic rings. The van der Waals surface area contributed by atoms with Crippen molar-refractivity contribution in [3.8, 4) is 0 Å². The smallest absolute Gasteiger partial charge is 0.114 e. The van der Waals surface area contributed by atoms with Gasteiger partial charge in [0.25, 0.3) is 0 Å². The highest BCUT2D eigenvalue weighted by Crippen LogP contribution is 2.66. The zero-order valence-corrected chi connectivity index (χ0v) is 27.5. The van der Waals surface area contributed by atoms with Gasteiger partial charge in [0.1, 0.15) is 15.7 Å². The van der Waals surface area contributed by atoms with Gasteiger partial charge in [0.2, 0.25) is 0 Å². The molecular weight excluding hydrogens is 498 g/mol. The molecule has 220 valence electrons. The first kappa shape index (κ1) is 30.9. The van der Waals surface area contributed by atoms with Crippen LogP contribution in [0.15, 0.2) is 46.1 Å². The van der Waals surface area contributed by atoms with Crippen molar-refractivity contribution in [2.75, 3.05) is 0 Å². The van der Waals surface area contributed by atoms with Gasteiger partial charge in [-0.1, -0.05) is 143 Å². The molecule has 0 spiro atoms. The van der Waals surface area contributed by atoms with Crippen LogP contribution in [0.3, 0.4) is 0 Å². The van der Waals surface area contributed by atoms with E-state index in [1.165, 1.54) is 166 Å². The van der Waals surface area contributed by atoms with Crippen LogP contribution in [0.2, 0.25) is 11.1 Å². The van der Waals surface area contributed by atoms with Gasteiger partial charge in [0.15, 0.2) is 0 Å². The summed E-state index contributed by atoms with van der Waals surface area (Å²) >= 11 is 5.74. The Balaban J connectivity index is 1.35. The Hall–Kier alpha value is -0.560. The maximum atomic E-state index is 5.74. The van der Waals surface area contributed by atoms with Gasteiger partial charge in [-0.15, -0.1) is 0 Å². The van der Waals surface area contributed by atoms with Crippen molar-refractivity contribution in [1.82, 2.24) is 0 Å². The van der Waals surface area contributed by atoms with E-state index in [1.807, 2.05) is 5.57 Å². The lowest BCUT2D eigenvalue weighted by atomic mass is 9.60. The van der Waals surface area contributed by atoms with Crippen molar-refractivity contribution in [1.29, 1.82) is 0 Å². The molecule has 0 aliphatic heterocycles. The Morgan fingerprint density at radius 3 is 1.88 bits per heavy atom. The Morgan fingerprint density at radius 2 is 1.23 bits per heavy atom. The van der Waals surface area contributed by atoms with E-state index >= 15 is 0 Å².